The number of ether oxygens (including phenoxy) is 3. The maximum atomic E-state index is 5.64. The van der Waals surface area contributed by atoms with E-state index in [0.717, 1.165) is 27.8 Å². The second kappa shape index (κ2) is 7.90. The Hall–Kier alpha value is -2.73. The molecule has 6 heteroatoms. The van der Waals surface area contributed by atoms with E-state index in [1.165, 1.54) is 11.3 Å². The number of rotatable bonds is 7. The summed E-state index contributed by atoms with van der Waals surface area (Å²) < 4.78 is 16.3. The fraction of sp³-hybridized carbons (Fsp3) is 0.211. The maximum Gasteiger partial charge on any atom is 0.187 e. The molecule has 0 aliphatic heterocycles. The average molecular weight is 356 g/mol. The zero-order valence-corrected chi connectivity index (χ0v) is 15.2. The lowest BCUT2D eigenvalue weighted by Crippen LogP contribution is -1.97. The van der Waals surface area contributed by atoms with Crippen molar-refractivity contribution in [2.45, 2.75) is 6.92 Å². The molecule has 0 unspecified atom stereocenters. The van der Waals surface area contributed by atoms with Crippen LogP contribution in [0.5, 0.6) is 17.2 Å². The summed E-state index contributed by atoms with van der Waals surface area (Å²) in [4.78, 5) is 4.66. The summed E-state index contributed by atoms with van der Waals surface area (Å²) in [5.74, 6) is 2.20. The van der Waals surface area contributed by atoms with Crippen molar-refractivity contribution in [1.29, 1.82) is 0 Å². The predicted octanol–water partition coefficient (Wildman–Crippen LogP) is 4.97. The minimum absolute atomic E-state index is 0.619. The molecule has 0 saturated carbocycles. The molecule has 0 fully saturated rings. The highest BCUT2D eigenvalue weighted by Crippen LogP contribution is 2.35. The van der Waals surface area contributed by atoms with Crippen molar-refractivity contribution in [2.75, 3.05) is 26.1 Å². The van der Waals surface area contributed by atoms with Crippen molar-refractivity contribution in [3.8, 4) is 28.5 Å². The van der Waals surface area contributed by atoms with Gasteiger partial charge in [0.15, 0.2) is 16.6 Å². The van der Waals surface area contributed by atoms with Crippen molar-refractivity contribution in [3.63, 3.8) is 0 Å². The second-order valence-corrected chi connectivity index (χ2v) is 6.02. The molecule has 1 aromatic heterocycles. The Bertz CT molecular complexity index is 848. The molecule has 25 heavy (non-hydrogen) atoms. The Morgan fingerprint density at radius 2 is 1.80 bits per heavy atom. The maximum absolute atomic E-state index is 5.64. The molecule has 3 rings (SSSR count). The van der Waals surface area contributed by atoms with Crippen molar-refractivity contribution in [1.82, 2.24) is 4.98 Å². The second-order valence-electron chi connectivity index (χ2n) is 5.16. The Labute approximate surface area is 151 Å². The van der Waals surface area contributed by atoms with Crippen molar-refractivity contribution >= 4 is 22.2 Å². The standard InChI is InChI=1S/C19H20N2O3S/c1-4-24-16-8-6-5-7-14(16)20-19-21-15(12-25-19)13-9-10-17(22-2)18(11-13)23-3/h5-12H,4H2,1-3H3,(H,20,21). The molecule has 0 aliphatic carbocycles. The summed E-state index contributed by atoms with van der Waals surface area (Å²) in [7, 11) is 3.25. The lowest BCUT2D eigenvalue weighted by Gasteiger charge is -2.10. The molecule has 2 aromatic carbocycles. The largest absolute Gasteiger partial charge is 0.493 e. The highest BCUT2D eigenvalue weighted by atomic mass is 32.1. The van der Waals surface area contributed by atoms with E-state index < -0.39 is 0 Å². The van der Waals surface area contributed by atoms with Gasteiger partial charge < -0.3 is 19.5 Å². The molecule has 0 bridgehead atoms. The molecule has 0 radical (unpaired) electrons. The first kappa shape index (κ1) is 17.1. The highest BCUT2D eigenvalue weighted by molar-refractivity contribution is 7.14. The van der Waals surface area contributed by atoms with Crippen LogP contribution >= 0.6 is 11.3 Å². The quantitative estimate of drug-likeness (QED) is 0.648. The van der Waals surface area contributed by atoms with Gasteiger partial charge >= 0.3 is 0 Å². The van der Waals surface area contributed by atoms with Gasteiger partial charge in [0.2, 0.25) is 0 Å². The van der Waals surface area contributed by atoms with Crippen LogP contribution in [-0.4, -0.2) is 25.8 Å². The summed E-state index contributed by atoms with van der Waals surface area (Å²) in [6, 6.07) is 13.6. The summed E-state index contributed by atoms with van der Waals surface area (Å²) in [5.41, 5.74) is 2.75. The zero-order valence-electron chi connectivity index (χ0n) is 14.4. The van der Waals surface area contributed by atoms with Crippen LogP contribution in [0.25, 0.3) is 11.3 Å². The molecular weight excluding hydrogens is 336 g/mol. The van der Waals surface area contributed by atoms with Crippen LogP contribution in [-0.2, 0) is 0 Å². The molecule has 1 heterocycles. The molecule has 0 aliphatic rings. The molecule has 0 atom stereocenters. The van der Waals surface area contributed by atoms with Gasteiger partial charge in [-0.3, -0.25) is 0 Å². The van der Waals surface area contributed by atoms with Crippen LogP contribution in [0.3, 0.4) is 0 Å². The first-order valence-corrected chi connectivity index (χ1v) is 8.80. The third-order valence-electron chi connectivity index (χ3n) is 3.61. The molecule has 0 spiro atoms. The summed E-state index contributed by atoms with van der Waals surface area (Å²) >= 11 is 1.54. The first-order chi connectivity index (χ1) is 12.2. The van der Waals surface area contributed by atoms with Gasteiger partial charge in [0, 0.05) is 10.9 Å². The van der Waals surface area contributed by atoms with E-state index in [0.29, 0.717) is 18.1 Å². The van der Waals surface area contributed by atoms with Crippen LogP contribution in [0, 0.1) is 0 Å². The number of nitrogens with one attached hydrogen (secondary N) is 1. The van der Waals surface area contributed by atoms with Gasteiger partial charge in [-0.25, -0.2) is 4.98 Å². The number of anilines is 2. The topological polar surface area (TPSA) is 52.6 Å². The van der Waals surface area contributed by atoms with Gasteiger partial charge in [-0.1, -0.05) is 12.1 Å². The number of hydrogen-bond donors (Lipinski definition) is 1. The SMILES string of the molecule is CCOc1ccccc1Nc1nc(-c2ccc(OC)c(OC)c2)cs1. The van der Waals surface area contributed by atoms with Crippen LogP contribution in [0.2, 0.25) is 0 Å². The fourth-order valence-corrected chi connectivity index (χ4v) is 3.16. The van der Waals surface area contributed by atoms with Gasteiger partial charge in [0.05, 0.1) is 32.2 Å². The lowest BCUT2D eigenvalue weighted by atomic mass is 10.1. The molecule has 5 nitrogen and oxygen atoms in total. The van der Waals surface area contributed by atoms with E-state index in [-0.39, 0.29) is 0 Å². The first-order valence-electron chi connectivity index (χ1n) is 7.92. The number of thiazole rings is 1. The van der Waals surface area contributed by atoms with E-state index in [1.54, 1.807) is 14.2 Å². The smallest absolute Gasteiger partial charge is 0.187 e. The summed E-state index contributed by atoms with van der Waals surface area (Å²) in [6.45, 7) is 2.59. The van der Waals surface area contributed by atoms with Gasteiger partial charge in [0.1, 0.15) is 5.75 Å². The van der Waals surface area contributed by atoms with E-state index in [1.807, 2.05) is 54.8 Å². The van der Waals surface area contributed by atoms with Gasteiger partial charge in [-0.2, -0.15) is 0 Å². The number of hydrogen-bond acceptors (Lipinski definition) is 6. The van der Waals surface area contributed by atoms with Gasteiger partial charge in [0.25, 0.3) is 0 Å². The minimum atomic E-state index is 0.619. The number of para-hydroxylation sites is 2. The Balaban J connectivity index is 1.84. The normalized spacial score (nSPS) is 10.4. The molecule has 0 saturated heterocycles. The zero-order chi connectivity index (χ0) is 17.6. The van der Waals surface area contributed by atoms with E-state index in [9.17, 15) is 0 Å². The minimum Gasteiger partial charge on any atom is -0.493 e. The van der Waals surface area contributed by atoms with Crippen molar-refractivity contribution in [2.24, 2.45) is 0 Å². The molecule has 0 amide bonds. The van der Waals surface area contributed by atoms with E-state index in [2.05, 4.69) is 10.3 Å². The molecule has 130 valence electrons. The molecular formula is C19H20N2O3S. The summed E-state index contributed by atoms with van der Waals surface area (Å²) in [5, 5.41) is 6.13. The Morgan fingerprint density at radius 3 is 2.56 bits per heavy atom. The van der Waals surface area contributed by atoms with Crippen molar-refractivity contribution < 1.29 is 14.2 Å². The van der Waals surface area contributed by atoms with Crippen LogP contribution in [0.4, 0.5) is 10.8 Å². The van der Waals surface area contributed by atoms with Crippen LogP contribution in [0.15, 0.2) is 47.8 Å². The highest BCUT2D eigenvalue weighted by Gasteiger charge is 2.10. The van der Waals surface area contributed by atoms with Gasteiger partial charge in [-0.05, 0) is 37.3 Å². The number of benzene rings is 2. The molecule has 3 aromatic rings. The lowest BCUT2D eigenvalue weighted by molar-refractivity contribution is 0.342. The Kier molecular flexibility index (Phi) is 5.40. The third-order valence-corrected chi connectivity index (χ3v) is 4.37. The van der Waals surface area contributed by atoms with Gasteiger partial charge in [-0.15, -0.1) is 11.3 Å². The third kappa shape index (κ3) is 3.85. The van der Waals surface area contributed by atoms with Crippen LogP contribution < -0.4 is 19.5 Å². The fourth-order valence-electron chi connectivity index (χ4n) is 2.43. The van der Waals surface area contributed by atoms with Crippen molar-refractivity contribution in [3.05, 3.63) is 47.8 Å². The molecule has 1 N–H and O–H groups in total. The Morgan fingerprint density at radius 1 is 1.00 bits per heavy atom. The predicted molar refractivity (Wildman–Crippen MR) is 102 cm³/mol. The number of aromatic nitrogens is 1. The van der Waals surface area contributed by atoms with Crippen LogP contribution in [0.1, 0.15) is 6.92 Å². The monoisotopic (exact) mass is 356 g/mol. The van der Waals surface area contributed by atoms with E-state index in [4.69, 9.17) is 14.2 Å². The number of nitrogens with zero attached hydrogens (tertiary/aromatic N) is 1. The average Bonchev–Trinajstić information content (AvgIpc) is 3.11. The van der Waals surface area contributed by atoms with E-state index >= 15 is 0 Å². The number of methoxy groups -OCH3 is 2. The summed E-state index contributed by atoms with van der Waals surface area (Å²) in [6.07, 6.45) is 0.